The number of halogens is 3. The van der Waals surface area contributed by atoms with Crippen LogP contribution in [-0.4, -0.2) is 35.2 Å². The van der Waals surface area contributed by atoms with E-state index in [1.807, 2.05) is 0 Å². The molecule has 1 amide bonds. The van der Waals surface area contributed by atoms with Crippen molar-refractivity contribution in [2.24, 2.45) is 5.92 Å². The second kappa shape index (κ2) is 5.63. The van der Waals surface area contributed by atoms with E-state index in [-0.39, 0.29) is 17.1 Å². The second-order valence-corrected chi connectivity index (χ2v) is 5.61. The lowest BCUT2D eigenvalue weighted by molar-refractivity contribution is -0.267. The summed E-state index contributed by atoms with van der Waals surface area (Å²) in [5.41, 5.74) is -1.35. The SMILES string of the molecule is CC(C)(c1ccccn1)N(C(=O)C1CCNC1)C(F)(F)F. The molecule has 1 N–H and O–H groups in total. The summed E-state index contributed by atoms with van der Waals surface area (Å²) in [6.07, 6.45) is -2.91. The van der Waals surface area contributed by atoms with E-state index in [9.17, 15) is 18.0 Å². The first-order valence-corrected chi connectivity index (χ1v) is 6.77. The van der Waals surface area contributed by atoms with Crippen molar-refractivity contribution in [3.63, 3.8) is 0 Å². The number of nitrogens with zero attached hydrogens (tertiary/aromatic N) is 2. The number of hydrogen-bond acceptors (Lipinski definition) is 3. The van der Waals surface area contributed by atoms with Gasteiger partial charge in [0.15, 0.2) is 0 Å². The molecule has 2 heterocycles. The van der Waals surface area contributed by atoms with Gasteiger partial charge in [0, 0.05) is 12.7 Å². The fourth-order valence-electron chi connectivity index (χ4n) is 2.60. The van der Waals surface area contributed by atoms with E-state index in [0.29, 0.717) is 13.0 Å². The molecule has 4 nitrogen and oxygen atoms in total. The summed E-state index contributed by atoms with van der Waals surface area (Å²) in [5.74, 6) is -1.54. The van der Waals surface area contributed by atoms with Crippen LogP contribution in [-0.2, 0) is 10.3 Å². The minimum atomic E-state index is -4.75. The Kier molecular flexibility index (Phi) is 4.22. The van der Waals surface area contributed by atoms with Gasteiger partial charge < -0.3 is 5.32 Å². The molecule has 1 aliphatic rings. The zero-order valence-corrected chi connectivity index (χ0v) is 11.9. The van der Waals surface area contributed by atoms with Crippen LogP contribution >= 0.6 is 0 Å². The quantitative estimate of drug-likeness (QED) is 0.871. The van der Waals surface area contributed by atoms with Gasteiger partial charge in [0.1, 0.15) is 0 Å². The highest BCUT2D eigenvalue weighted by atomic mass is 19.4. The van der Waals surface area contributed by atoms with Gasteiger partial charge in [0.05, 0.1) is 17.2 Å². The maximum absolute atomic E-state index is 13.5. The standard InChI is InChI=1S/C14H18F3N3O/c1-13(2,11-5-3-4-7-19-11)20(14(15,16)17)12(21)10-6-8-18-9-10/h3-5,7,10,18H,6,8-9H2,1-2H3. The first kappa shape index (κ1) is 15.8. The zero-order valence-electron chi connectivity index (χ0n) is 11.9. The van der Waals surface area contributed by atoms with Crippen molar-refractivity contribution in [2.45, 2.75) is 32.1 Å². The predicted molar refractivity (Wildman–Crippen MR) is 71.1 cm³/mol. The number of amides is 1. The molecule has 116 valence electrons. The molecule has 1 unspecified atom stereocenters. The molecule has 1 fully saturated rings. The van der Waals surface area contributed by atoms with Crippen LogP contribution in [0.3, 0.4) is 0 Å². The molecule has 0 aromatic carbocycles. The van der Waals surface area contributed by atoms with Gasteiger partial charge in [-0.25, -0.2) is 4.90 Å². The van der Waals surface area contributed by atoms with Gasteiger partial charge in [0.25, 0.3) is 0 Å². The molecule has 0 saturated carbocycles. The van der Waals surface area contributed by atoms with Crippen LogP contribution < -0.4 is 5.32 Å². The molecular formula is C14H18F3N3O. The van der Waals surface area contributed by atoms with Gasteiger partial charge in [-0.3, -0.25) is 9.78 Å². The lowest BCUT2D eigenvalue weighted by atomic mass is 9.95. The minimum Gasteiger partial charge on any atom is -0.316 e. The van der Waals surface area contributed by atoms with Crippen molar-refractivity contribution in [1.29, 1.82) is 0 Å². The Hall–Kier alpha value is -1.63. The average molecular weight is 301 g/mol. The van der Waals surface area contributed by atoms with E-state index in [0.717, 1.165) is 0 Å². The maximum Gasteiger partial charge on any atom is 0.487 e. The third-order valence-corrected chi connectivity index (χ3v) is 3.73. The van der Waals surface area contributed by atoms with Gasteiger partial charge in [0.2, 0.25) is 5.91 Å². The van der Waals surface area contributed by atoms with Crippen molar-refractivity contribution < 1.29 is 18.0 Å². The van der Waals surface area contributed by atoms with Crippen molar-refractivity contribution in [3.05, 3.63) is 30.1 Å². The Morgan fingerprint density at radius 3 is 2.57 bits per heavy atom. The van der Waals surface area contributed by atoms with Crippen LogP contribution in [0.2, 0.25) is 0 Å². The molecule has 0 bridgehead atoms. The topological polar surface area (TPSA) is 45.2 Å². The van der Waals surface area contributed by atoms with Gasteiger partial charge in [-0.15, -0.1) is 13.2 Å². The Morgan fingerprint density at radius 2 is 2.10 bits per heavy atom. The molecule has 21 heavy (non-hydrogen) atoms. The predicted octanol–water partition coefficient (Wildman–Crippen LogP) is 2.27. The summed E-state index contributed by atoms with van der Waals surface area (Å²) in [7, 11) is 0. The van der Waals surface area contributed by atoms with Crippen LogP contribution in [0.1, 0.15) is 26.0 Å². The fourth-order valence-corrected chi connectivity index (χ4v) is 2.60. The lowest BCUT2D eigenvalue weighted by Crippen LogP contribution is -2.56. The summed E-state index contributed by atoms with van der Waals surface area (Å²) in [4.78, 5) is 16.3. The molecule has 1 aromatic heterocycles. The molecule has 1 aromatic rings. The highest BCUT2D eigenvalue weighted by Gasteiger charge is 2.52. The smallest absolute Gasteiger partial charge is 0.316 e. The summed E-state index contributed by atoms with van der Waals surface area (Å²) in [6, 6.07) is 4.74. The molecule has 0 spiro atoms. The van der Waals surface area contributed by atoms with Crippen LogP contribution in [0.5, 0.6) is 0 Å². The third-order valence-electron chi connectivity index (χ3n) is 3.73. The maximum atomic E-state index is 13.5. The molecule has 1 aliphatic heterocycles. The van der Waals surface area contributed by atoms with Crippen LogP contribution in [0, 0.1) is 5.92 Å². The van der Waals surface area contributed by atoms with Gasteiger partial charge >= 0.3 is 6.30 Å². The molecule has 1 saturated heterocycles. The van der Waals surface area contributed by atoms with Crippen LogP contribution in [0.4, 0.5) is 13.2 Å². The van der Waals surface area contributed by atoms with Gasteiger partial charge in [-0.2, -0.15) is 0 Å². The molecule has 1 atom stereocenters. The van der Waals surface area contributed by atoms with Gasteiger partial charge in [-0.1, -0.05) is 6.07 Å². The van der Waals surface area contributed by atoms with Crippen molar-refractivity contribution >= 4 is 5.91 Å². The van der Waals surface area contributed by atoms with E-state index < -0.39 is 23.7 Å². The highest BCUT2D eigenvalue weighted by Crippen LogP contribution is 2.37. The monoisotopic (exact) mass is 301 g/mol. The number of carbonyl (C=O) groups excluding carboxylic acids is 1. The Balaban J connectivity index is 2.38. The Bertz CT molecular complexity index is 496. The summed E-state index contributed by atoms with van der Waals surface area (Å²) in [5, 5.41) is 2.92. The van der Waals surface area contributed by atoms with Crippen molar-refractivity contribution in [1.82, 2.24) is 15.2 Å². The summed E-state index contributed by atoms with van der Waals surface area (Å²) >= 11 is 0. The minimum absolute atomic E-state index is 0.0139. The third kappa shape index (κ3) is 3.18. The van der Waals surface area contributed by atoms with E-state index in [4.69, 9.17) is 0 Å². The molecule has 7 heteroatoms. The average Bonchev–Trinajstić information content (AvgIpc) is 2.91. The van der Waals surface area contributed by atoms with Crippen molar-refractivity contribution in [3.8, 4) is 0 Å². The van der Waals surface area contributed by atoms with Gasteiger partial charge in [-0.05, 0) is 38.9 Å². The second-order valence-electron chi connectivity index (χ2n) is 5.61. The number of hydrogen-bond donors (Lipinski definition) is 1. The number of aromatic nitrogens is 1. The first-order valence-electron chi connectivity index (χ1n) is 6.77. The number of rotatable bonds is 3. The summed E-state index contributed by atoms with van der Waals surface area (Å²) in [6.45, 7) is 3.57. The first-order chi connectivity index (χ1) is 9.74. The normalized spacial score (nSPS) is 19.6. The Labute approximate surface area is 121 Å². The van der Waals surface area contributed by atoms with Crippen LogP contribution in [0.25, 0.3) is 0 Å². The number of carbonyl (C=O) groups is 1. The fraction of sp³-hybridized carbons (Fsp3) is 0.571. The van der Waals surface area contributed by atoms with E-state index in [1.165, 1.54) is 26.1 Å². The molecule has 0 radical (unpaired) electrons. The number of nitrogens with one attached hydrogen (secondary N) is 1. The van der Waals surface area contributed by atoms with E-state index >= 15 is 0 Å². The molecule has 2 rings (SSSR count). The van der Waals surface area contributed by atoms with Crippen LogP contribution in [0.15, 0.2) is 24.4 Å². The lowest BCUT2D eigenvalue weighted by Gasteiger charge is -2.40. The Morgan fingerprint density at radius 1 is 1.38 bits per heavy atom. The number of alkyl halides is 3. The largest absolute Gasteiger partial charge is 0.487 e. The zero-order chi connectivity index (χ0) is 15.7. The molecule has 0 aliphatic carbocycles. The van der Waals surface area contributed by atoms with Crippen molar-refractivity contribution in [2.75, 3.05) is 13.1 Å². The molecular weight excluding hydrogens is 283 g/mol. The van der Waals surface area contributed by atoms with E-state index in [2.05, 4.69) is 10.3 Å². The summed E-state index contributed by atoms with van der Waals surface area (Å²) < 4.78 is 40.4. The highest BCUT2D eigenvalue weighted by molar-refractivity contribution is 5.80. The van der Waals surface area contributed by atoms with E-state index in [1.54, 1.807) is 12.1 Å². The number of pyridine rings is 1.